The van der Waals surface area contributed by atoms with Crippen molar-refractivity contribution in [3.05, 3.63) is 0 Å². The largest absolute Gasteiger partial charge is 0.330 e. The van der Waals surface area contributed by atoms with Crippen LogP contribution in [0.3, 0.4) is 0 Å². The average Bonchev–Trinajstić information content (AvgIpc) is 2.12. The molecule has 1 fully saturated rings. The number of hydrogen-bond acceptors (Lipinski definition) is 4. The van der Waals surface area contributed by atoms with Gasteiger partial charge in [-0.05, 0) is 46.3 Å². The van der Waals surface area contributed by atoms with Crippen LogP contribution in [0.15, 0.2) is 0 Å². The van der Waals surface area contributed by atoms with Gasteiger partial charge in [0.25, 0.3) is 0 Å². The summed E-state index contributed by atoms with van der Waals surface area (Å²) in [5.74, 6) is 0.132. The van der Waals surface area contributed by atoms with Crippen molar-refractivity contribution in [2.75, 3.05) is 32.9 Å². The van der Waals surface area contributed by atoms with E-state index in [2.05, 4.69) is 9.62 Å². The minimum absolute atomic E-state index is 0.0375. The van der Waals surface area contributed by atoms with E-state index in [-0.39, 0.29) is 11.3 Å². The van der Waals surface area contributed by atoms with E-state index in [1.807, 2.05) is 14.1 Å². The highest BCUT2D eigenvalue weighted by Gasteiger charge is 2.39. The van der Waals surface area contributed by atoms with E-state index in [1.54, 1.807) is 0 Å². The molecule has 96 valence electrons. The van der Waals surface area contributed by atoms with Crippen LogP contribution in [0.1, 0.15) is 25.7 Å². The van der Waals surface area contributed by atoms with Gasteiger partial charge in [-0.1, -0.05) is 0 Å². The monoisotopic (exact) mass is 249 g/mol. The Morgan fingerprint density at radius 3 is 2.38 bits per heavy atom. The molecule has 0 aromatic rings. The van der Waals surface area contributed by atoms with Crippen LogP contribution in [0.25, 0.3) is 0 Å². The predicted octanol–water partition coefficient (Wildman–Crippen LogP) is -0.261. The molecular weight excluding hydrogens is 226 g/mol. The SMILES string of the molecule is CN(C)C1(CNS(=O)(=O)CCCN)CCC1. The zero-order valence-electron chi connectivity index (χ0n) is 10.2. The molecule has 0 aromatic heterocycles. The number of hydrogen-bond donors (Lipinski definition) is 2. The summed E-state index contributed by atoms with van der Waals surface area (Å²) >= 11 is 0. The number of nitrogens with two attached hydrogens (primary N) is 1. The highest BCUT2D eigenvalue weighted by atomic mass is 32.2. The second kappa shape index (κ2) is 5.44. The topological polar surface area (TPSA) is 75.4 Å². The molecule has 0 spiro atoms. The summed E-state index contributed by atoms with van der Waals surface area (Å²) in [7, 11) is 0.871. The molecule has 0 radical (unpaired) electrons. The lowest BCUT2D eigenvalue weighted by Gasteiger charge is -2.47. The fourth-order valence-electron chi connectivity index (χ4n) is 1.96. The molecule has 0 heterocycles. The Bertz CT molecular complexity index is 310. The van der Waals surface area contributed by atoms with Gasteiger partial charge >= 0.3 is 0 Å². The van der Waals surface area contributed by atoms with Crippen molar-refractivity contribution >= 4 is 10.0 Å². The summed E-state index contributed by atoms with van der Waals surface area (Å²) in [5.41, 5.74) is 5.34. The van der Waals surface area contributed by atoms with Crippen LogP contribution in [0.4, 0.5) is 0 Å². The molecule has 0 unspecified atom stereocenters. The molecule has 0 aliphatic heterocycles. The van der Waals surface area contributed by atoms with E-state index in [9.17, 15) is 8.42 Å². The van der Waals surface area contributed by atoms with Crippen LogP contribution in [-0.2, 0) is 10.0 Å². The molecule has 0 bridgehead atoms. The molecule has 0 aromatic carbocycles. The van der Waals surface area contributed by atoms with Gasteiger partial charge < -0.3 is 10.6 Å². The second-order valence-electron chi connectivity index (χ2n) is 4.75. The first-order valence-corrected chi connectivity index (χ1v) is 7.42. The third-order valence-electron chi connectivity index (χ3n) is 3.47. The van der Waals surface area contributed by atoms with Gasteiger partial charge in [-0.25, -0.2) is 13.1 Å². The van der Waals surface area contributed by atoms with Gasteiger partial charge in [0.15, 0.2) is 0 Å². The molecule has 1 aliphatic carbocycles. The maximum absolute atomic E-state index is 11.6. The van der Waals surface area contributed by atoms with Crippen LogP contribution in [0.5, 0.6) is 0 Å². The highest BCUT2D eigenvalue weighted by Crippen LogP contribution is 2.35. The molecule has 1 aliphatic rings. The summed E-state index contributed by atoms with van der Waals surface area (Å²) in [6.45, 7) is 0.937. The first-order valence-electron chi connectivity index (χ1n) is 5.77. The Morgan fingerprint density at radius 2 is 2.00 bits per heavy atom. The van der Waals surface area contributed by atoms with E-state index in [0.717, 1.165) is 12.8 Å². The summed E-state index contributed by atoms with van der Waals surface area (Å²) in [5, 5.41) is 0. The quantitative estimate of drug-likeness (QED) is 0.652. The van der Waals surface area contributed by atoms with E-state index < -0.39 is 10.0 Å². The molecule has 3 N–H and O–H groups in total. The van der Waals surface area contributed by atoms with Crippen molar-refractivity contribution in [1.82, 2.24) is 9.62 Å². The summed E-state index contributed by atoms with van der Waals surface area (Å²) < 4.78 is 25.9. The summed E-state index contributed by atoms with van der Waals surface area (Å²) in [6.07, 6.45) is 3.84. The molecule has 16 heavy (non-hydrogen) atoms. The molecule has 1 rings (SSSR count). The fourth-order valence-corrected chi connectivity index (χ4v) is 3.14. The zero-order valence-corrected chi connectivity index (χ0v) is 11.0. The summed E-state index contributed by atoms with van der Waals surface area (Å²) in [6, 6.07) is 0. The zero-order chi connectivity index (χ0) is 12.2. The van der Waals surface area contributed by atoms with Gasteiger partial charge in [-0.3, -0.25) is 0 Å². The Kier molecular flexibility index (Phi) is 4.73. The van der Waals surface area contributed by atoms with Crippen molar-refractivity contribution in [1.29, 1.82) is 0 Å². The van der Waals surface area contributed by atoms with Gasteiger partial charge in [0, 0.05) is 12.1 Å². The van der Waals surface area contributed by atoms with Crippen LogP contribution in [-0.4, -0.2) is 51.8 Å². The normalized spacial score (nSPS) is 19.8. The Labute approximate surface area is 98.4 Å². The first-order chi connectivity index (χ1) is 7.42. The maximum Gasteiger partial charge on any atom is 0.211 e. The number of nitrogens with one attached hydrogen (secondary N) is 1. The number of nitrogens with zero attached hydrogens (tertiary/aromatic N) is 1. The highest BCUT2D eigenvalue weighted by molar-refractivity contribution is 7.89. The predicted molar refractivity (Wildman–Crippen MR) is 65.7 cm³/mol. The number of sulfonamides is 1. The van der Waals surface area contributed by atoms with Gasteiger partial charge in [0.2, 0.25) is 10.0 Å². The van der Waals surface area contributed by atoms with Crippen molar-refractivity contribution in [3.63, 3.8) is 0 Å². The fraction of sp³-hybridized carbons (Fsp3) is 1.00. The van der Waals surface area contributed by atoms with E-state index >= 15 is 0 Å². The third kappa shape index (κ3) is 3.41. The lowest BCUT2D eigenvalue weighted by molar-refractivity contribution is 0.0657. The van der Waals surface area contributed by atoms with E-state index in [4.69, 9.17) is 5.73 Å². The molecular formula is C10H23N3O2S. The number of rotatable bonds is 7. The van der Waals surface area contributed by atoms with Crippen molar-refractivity contribution in [2.24, 2.45) is 5.73 Å². The minimum Gasteiger partial charge on any atom is -0.330 e. The van der Waals surface area contributed by atoms with Crippen molar-refractivity contribution in [2.45, 2.75) is 31.2 Å². The van der Waals surface area contributed by atoms with Crippen LogP contribution < -0.4 is 10.5 Å². The number of likely N-dealkylation sites (N-methyl/N-ethyl adjacent to an activating group) is 1. The third-order valence-corrected chi connectivity index (χ3v) is 4.88. The van der Waals surface area contributed by atoms with Crippen molar-refractivity contribution in [3.8, 4) is 0 Å². The molecule has 1 saturated carbocycles. The first kappa shape index (κ1) is 13.9. The summed E-state index contributed by atoms with van der Waals surface area (Å²) in [4.78, 5) is 2.13. The molecule has 5 nitrogen and oxygen atoms in total. The Morgan fingerprint density at radius 1 is 1.38 bits per heavy atom. The van der Waals surface area contributed by atoms with E-state index in [0.29, 0.717) is 19.5 Å². The standard InChI is InChI=1S/C10H23N3O2S/c1-13(2)10(5-3-6-10)9-12-16(14,15)8-4-7-11/h12H,3-9,11H2,1-2H3. The van der Waals surface area contributed by atoms with Gasteiger partial charge in [-0.15, -0.1) is 0 Å². The van der Waals surface area contributed by atoms with E-state index in [1.165, 1.54) is 6.42 Å². The van der Waals surface area contributed by atoms with Crippen LogP contribution >= 0.6 is 0 Å². The molecule has 0 atom stereocenters. The van der Waals surface area contributed by atoms with Crippen LogP contribution in [0, 0.1) is 0 Å². The van der Waals surface area contributed by atoms with Gasteiger partial charge in [0.1, 0.15) is 0 Å². The van der Waals surface area contributed by atoms with Gasteiger partial charge in [-0.2, -0.15) is 0 Å². The lowest BCUT2D eigenvalue weighted by Crippen LogP contribution is -2.57. The second-order valence-corrected chi connectivity index (χ2v) is 6.68. The molecule has 0 saturated heterocycles. The molecule has 0 amide bonds. The lowest BCUT2D eigenvalue weighted by atomic mass is 9.76. The Balaban J connectivity index is 2.44. The van der Waals surface area contributed by atoms with Crippen molar-refractivity contribution < 1.29 is 8.42 Å². The molecule has 6 heteroatoms. The smallest absolute Gasteiger partial charge is 0.211 e. The minimum atomic E-state index is -3.14. The average molecular weight is 249 g/mol. The maximum atomic E-state index is 11.6. The Hall–Kier alpha value is -0.170. The van der Waals surface area contributed by atoms with Gasteiger partial charge in [0.05, 0.1) is 5.75 Å². The van der Waals surface area contributed by atoms with Crippen LogP contribution in [0.2, 0.25) is 0 Å².